The number of ether oxygens (including phenoxy) is 2. The third-order valence-electron chi connectivity index (χ3n) is 4.52. The van der Waals surface area contributed by atoms with Crippen LogP contribution in [0.15, 0.2) is 59.6 Å². The topological polar surface area (TPSA) is 75.1 Å². The lowest BCUT2D eigenvalue weighted by Gasteiger charge is -2.15. The zero-order chi connectivity index (χ0) is 20.9. The molecule has 0 radical (unpaired) electrons. The molecule has 0 amide bonds. The predicted molar refractivity (Wildman–Crippen MR) is 117 cm³/mol. The van der Waals surface area contributed by atoms with Gasteiger partial charge in [-0.2, -0.15) is 0 Å². The summed E-state index contributed by atoms with van der Waals surface area (Å²) < 4.78 is 11.0. The van der Waals surface area contributed by atoms with Crippen molar-refractivity contribution < 1.29 is 14.6 Å². The Morgan fingerprint density at radius 3 is 2.41 bits per heavy atom. The van der Waals surface area contributed by atoms with Gasteiger partial charge in [0.1, 0.15) is 5.75 Å². The molecule has 0 spiro atoms. The van der Waals surface area contributed by atoms with Gasteiger partial charge in [-0.15, -0.1) is 0 Å². The van der Waals surface area contributed by atoms with Gasteiger partial charge >= 0.3 is 0 Å². The summed E-state index contributed by atoms with van der Waals surface area (Å²) in [5.41, 5.74) is 2.00. The van der Waals surface area contributed by atoms with Gasteiger partial charge in [0.05, 0.1) is 25.9 Å². The van der Waals surface area contributed by atoms with E-state index in [4.69, 9.17) is 9.47 Å². The van der Waals surface area contributed by atoms with Crippen molar-refractivity contribution >= 4 is 5.96 Å². The van der Waals surface area contributed by atoms with Gasteiger partial charge in [-0.1, -0.05) is 42.5 Å². The molecular formula is C23H33N3O3. The Balaban J connectivity index is 1.73. The normalized spacial score (nSPS) is 13.6. The van der Waals surface area contributed by atoms with Gasteiger partial charge in [-0.25, -0.2) is 0 Å². The number of hydrogen-bond acceptors (Lipinski definition) is 4. The average molecular weight is 400 g/mol. The van der Waals surface area contributed by atoms with Gasteiger partial charge in [0.25, 0.3) is 0 Å². The molecule has 0 aromatic heterocycles. The number of nitrogens with one attached hydrogen (secondary N) is 2. The number of hydrogen-bond donors (Lipinski definition) is 3. The molecule has 0 aliphatic rings. The summed E-state index contributed by atoms with van der Waals surface area (Å²) in [5.74, 6) is 1.46. The van der Waals surface area contributed by atoms with Crippen LogP contribution < -0.4 is 15.4 Å². The highest BCUT2D eigenvalue weighted by Gasteiger charge is 2.08. The van der Waals surface area contributed by atoms with E-state index in [0.717, 1.165) is 30.8 Å². The third-order valence-corrected chi connectivity index (χ3v) is 4.52. The molecule has 0 saturated carbocycles. The fraction of sp³-hybridized carbons (Fsp3) is 0.435. The van der Waals surface area contributed by atoms with Crippen molar-refractivity contribution in [3.8, 4) is 5.75 Å². The third kappa shape index (κ3) is 8.13. The molecule has 6 nitrogen and oxygen atoms in total. The van der Waals surface area contributed by atoms with Gasteiger partial charge in [0.2, 0.25) is 0 Å². The van der Waals surface area contributed by atoms with Gasteiger partial charge < -0.3 is 25.2 Å². The van der Waals surface area contributed by atoms with Crippen molar-refractivity contribution in [1.82, 2.24) is 10.6 Å². The van der Waals surface area contributed by atoms with Crippen LogP contribution in [-0.4, -0.2) is 44.4 Å². The Kier molecular flexibility index (Phi) is 10.0. The maximum Gasteiger partial charge on any atom is 0.191 e. The van der Waals surface area contributed by atoms with Gasteiger partial charge in [0.15, 0.2) is 5.96 Å². The minimum absolute atomic E-state index is 0.0812. The van der Waals surface area contributed by atoms with E-state index >= 15 is 0 Å². The number of aliphatic hydroxyl groups excluding tert-OH is 1. The first-order valence-electron chi connectivity index (χ1n) is 10.1. The van der Waals surface area contributed by atoms with Crippen molar-refractivity contribution in [3.63, 3.8) is 0 Å². The van der Waals surface area contributed by atoms with E-state index in [9.17, 15) is 5.11 Å². The summed E-state index contributed by atoms with van der Waals surface area (Å²) in [6.45, 7) is 6.52. The van der Waals surface area contributed by atoms with Crippen LogP contribution in [0, 0.1) is 0 Å². The molecule has 2 unspecified atom stereocenters. The zero-order valence-electron chi connectivity index (χ0n) is 17.6. The molecule has 6 heteroatoms. The smallest absolute Gasteiger partial charge is 0.191 e. The standard InChI is InChI=1S/C23H33N3O3/c1-4-24-23(26-17-22(27)20-11-13-21(28-3)14-12-20)25-15-8-16-29-18(2)19-9-6-5-7-10-19/h5-7,9-14,18,22,27H,4,8,15-17H2,1-3H3,(H2,24,25,26). The number of benzene rings is 2. The van der Waals surface area contributed by atoms with Crippen LogP contribution in [0.25, 0.3) is 0 Å². The number of nitrogens with zero attached hydrogens (tertiary/aromatic N) is 1. The van der Waals surface area contributed by atoms with Crippen molar-refractivity contribution in [2.75, 3.05) is 33.4 Å². The molecule has 0 bridgehead atoms. The van der Waals surface area contributed by atoms with E-state index in [1.54, 1.807) is 7.11 Å². The Morgan fingerprint density at radius 1 is 1.03 bits per heavy atom. The van der Waals surface area contributed by atoms with E-state index in [2.05, 4.69) is 34.7 Å². The van der Waals surface area contributed by atoms with Crippen molar-refractivity contribution in [2.45, 2.75) is 32.5 Å². The fourth-order valence-electron chi connectivity index (χ4n) is 2.81. The van der Waals surface area contributed by atoms with E-state index in [0.29, 0.717) is 12.6 Å². The van der Waals surface area contributed by atoms with E-state index < -0.39 is 6.10 Å². The summed E-state index contributed by atoms with van der Waals surface area (Å²) in [5, 5.41) is 16.8. The van der Waals surface area contributed by atoms with Gasteiger partial charge in [0, 0.05) is 19.7 Å². The lowest BCUT2D eigenvalue weighted by Crippen LogP contribution is -2.38. The lowest BCUT2D eigenvalue weighted by molar-refractivity contribution is 0.0646. The molecule has 0 fully saturated rings. The molecule has 3 N–H and O–H groups in total. The second-order valence-electron chi connectivity index (χ2n) is 6.71. The molecular weight excluding hydrogens is 366 g/mol. The number of methoxy groups -OCH3 is 1. The van der Waals surface area contributed by atoms with Crippen LogP contribution in [0.1, 0.15) is 43.6 Å². The summed E-state index contributed by atoms with van der Waals surface area (Å²) in [6, 6.07) is 17.6. The quantitative estimate of drug-likeness (QED) is 0.307. The van der Waals surface area contributed by atoms with E-state index in [1.807, 2.05) is 49.4 Å². The SMILES string of the molecule is CCNC(=NCC(O)c1ccc(OC)cc1)NCCCOC(C)c1ccccc1. The first-order chi connectivity index (χ1) is 14.1. The molecule has 0 aliphatic carbocycles. The van der Waals surface area contributed by atoms with E-state index in [-0.39, 0.29) is 12.6 Å². The fourth-order valence-corrected chi connectivity index (χ4v) is 2.81. The molecule has 0 saturated heterocycles. The summed E-state index contributed by atoms with van der Waals surface area (Å²) in [7, 11) is 1.62. The number of aliphatic hydroxyl groups is 1. The van der Waals surface area contributed by atoms with Crippen LogP contribution in [0.5, 0.6) is 5.75 Å². The first kappa shape index (κ1) is 22.7. The van der Waals surface area contributed by atoms with Gasteiger partial charge in [-0.05, 0) is 43.5 Å². The van der Waals surface area contributed by atoms with Crippen LogP contribution in [0.4, 0.5) is 0 Å². The Hall–Kier alpha value is -2.57. The maximum atomic E-state index is 10.4. The zero-order valence-corrected chi connectivity index (χ0v) is 17.6. The van der Waals surface area contributed by atoms with Crippen molar-refractivity contribution in [2.24, 2.45) is 4.99 Å². The first-order valence-corrected chi connectivity index (χ1v) is 10.1. The second-order valence-corrected chi connectivity index (χ2v) is 6.71. The molecule has 2 atom stereocenters. The number of guanidine groups is 1. The highest BCUT2D eigenvalue weighted by atomic mass is 16.5. The minimum Gasteiger partial charge on any atom is -0.497 e. The molecule has 2 aromatic carbocycles. The Labute approximate surface area is 174 Å². The second kappa shape index (κ2) is 12.8. The molecule has 2 rings (SSSR count). The highest BCUT2D eigenvalue weighted by Crippen LogP contribution is 2.18. The lowest BCUT2D eigenvalue weighted by atomic mass is 10.1. The summed E-state index contributed by atoms with van der Waals surface area (Å²) in [4.78, 5) is 4.49. The molecule has 2 aromatic rings. The van der Waals surface area contributed by atoms with Crippen molar-refractivity contribution in [3.05, 3.63) is 65.7 Å². The Morgan fingerprint density at radius 2 is 1.76 bits per heavy atom. The molecule has 0 aliphatic heterocycles. The highest BCUT2D eigenvalue weighted by molar-refractivity contribution is 5.79. The largest absolute Gasteiger partial charge is 0.497 e. The predicted octanol–water partition coefficient (Wildman–Crippen LogP) is 3.45. The summed E-state index contributed by atoms with van der Waals surface area (Å²) in [6.07, 6.45) is 0.284. The molecule has 29 heavy (non-hydrogen) atoms. The summed E-state index contributed by atoms with van der Waals surface area (Å²) >= 11 is 0. The van der Waals surface area contributed by atoms with Crippen molar-refractivity contribution in [1.29, 1.82) is 0 Å². The van der Waals surface area contributed by atoms with Crippen LogP contribution in [-0.2, 0) is 4.74 Å². The number of aliphatic imine (C=N–C) groups is 1. The Bertz CT molecular complexity index is 720. The average Bonchev–Trinajstić information content (AvgIpc) is 2.77. The molecule has 158 valence electrons. The maximum absolute atomic E-state index is 10.4. The van der Waals surface area contributed by atoms with Gasteiger partial charge in [-0.3, -0.25) is 4.99 Å². The van der Waals surface area contributed by atoms with Crippen LogP contribution in [0.2, 0.25) is 0 Å². The van der Waals surface area contributed by atoms with Crippen LogP contribution in [0.3, 0.4) is 0 Å². The number of rotatable bonds is 11. The minimum atomic E-state index is -0.661. The van der Waals surface area contributed by atoms with E-state index in [1.165, 1.54) is 5.56 Å². The van der Waals surface area contributed by atoms with Crippen LogP contribution >= 0.6 is 0 Å². The molecule has 0 heterocycles. The monoisotopic (exact) mass is 399 g/mol.